The summed E-state index contributed by atoms with van der Waals surface area (Å²) in [5, 5.41) is 9.40. The lowest BCUT2D eigenvalue weighted by atomic mass is 10.2. The molecule has 0 spiro atoms. The molecule has 1 aromatic carbocycles. The molecular formula is C17H17N5O3. The van der Waals surface area contributed by atoms with Gasteiger partial charge in [0.05, 0.1) is 12.8 Å². The van der Waals surface area contributed by atoms with Gasteiger partial charge in [-0.25, -0.2) is 9.97 Å². The number of carbonyl (C=O) groups excluding carboxylic acids is 1. The molecule has 3 rings (SSSR count). The van der Waals surface area contributed by atoms with Gasteiger partial charge in [0.2, 0.25) is 5.95 Å². The average Bonchev–Trinajstić information content (AvgIpc) is 3.00. The Balaban J connectivity index is 1.79. The molecule has 0 aliphatic carbocycles. The van der Waals surface area contributed by atoms with Crippen LogP contribution < -0.4 is 15.4 Å². The fraction of sp³-hybridized carbons (Fsp3) is 0.176. The van der Waals surface area contributed by atoms with E-state index in [4.69, 9.17) is 9.26 Å². The molecule has 0 bridgehead atoms. The predicted octanol–water partition coefficient (Wildman–Crippen LogP) is 3.09. The molecule has 0 aliphatic rings. The minimum atomic E-state index is -0.407. The Morgan fingerprint density at radius 1 is 1.20 bits per heavy atom. The largest absolute Gasteiger partial charge is 0.495 e. The number of carbonyl (C=O) groups is 1. The molecular weight excluding hydrogens is 322 g/mol. The van der Waals surface area contributed by atoms with E-state index in [0.29, 0.717) is 23.0 Å². The standard InChI is InChI=1S/C17H17N5O3/c1-10-4-5-14(24-3)13(8-10)20-17-18-7-6-12(19-17)16(23)21-15-9-11(2)25-22-15/h4-9H,1-3H3,(H,18,19,20)(H,21,22,23). The molecule has 0 fully saturated rings. The third-order valence-corrected chi connectivity index (χ3v) is 3.36. The van der Waals surface area contributed by atoms with E-state index in [0.717, 1.165) is 5.56 Å². The van der Waals surface area contributed by atoms with Crippen LogP contribution in [0.4, 0.5) is 17.5 Å². The van der Waals surface area contributed by atoms with Crippen molar-refractivity contribution in [1.29, 1.82) is 0 Å². The molecule has 0 saturated heterocycles. The highest BCUT2D eigenvalue weighted by molar-refractivity contribution is 6.02. The van der Waals surface area contributed by atoms with Crippen molar-refractivity contribution < 1.29 is 14.1 Å². The molecule has 3 aromatic rings. The second-order valence-electron chi connectivity index (χ2n) is 5.37. The molecule has 128 valence electrons. The molecule has 2 heterocycles. The SMILES string of the molecule is COc1ccc(C)cc1Nc1nccc(C(=O)Nc2cc(C)on2)n1. The van der Waals surface area contributed by atoms with Crippen molar-refractivity contribution in [3.63, 3.8) is 0 Å². The number of hydrogen-bond donors (Lipinski definition) is 2. The van der Waals surface area contributed by atoms with Gasteiger partial charge < -0.3 is 19.9 Å². The summed E-state index contributed by atoms with van der Waals surface area (Å²) in [6, 6.07) is 8.83. The highest BCUT2D eigenvalue weighted by Crippen LogP contribution is 2.27. The summed E-state index contributed by atoms with van der Waals surface area (Å²) in [6.07, 6.45) is 1.50. The Kier molecular flexibility index (Phi) is 4.60. The lowest BCUT2D eigenvalue weighted by Gasteiger charge is -2.11. The number of hydrogen-bond acceptors (Lipinski definition) is 7. The average molecular weight is 339 g/mol. The summed E-state index contributed by atoms with van der Waals surface area (Å²) in [5.74, 6) is 1.47. The molecule has 0 unspecified atom stereocenters. The normalized spacial score (nSPS) is 10.4. The summed E-state index contributed by atoms with van der Waals surface area (Å²) in [5.41, 5.74) is 1.97. The number of aryl methyl sites for hydroxylation is 2. The molecule has 1 amide bonds. The molecule has 8 nitrogen and oxygen atoms in total. The molecule has 0 aliphatic heterocycles. The monoisotopic (exact) mass is 339 g/mol. The lowest BCUT2D eigenvalue weighted by Crippen LogP contribution is -2.15. The maximum Gasteiger partial charge on any atom is 0.275 e. The van der Waals surface area contributed by atoms with Crippen molar-refractivity contribution in [3.05, 3.63) is 53.5 Å². The van der Waals surface area contributed by atoms with Crippen LogP contribution in [0.2, 0.25) is 0 Å². The first-order valence-electron chi connectivity index (χ1n) is 7.54. The maximum atomic E-state index is 12.3. The van der Waals surface area contributed by atoms with Crippen LogP contribution in [0, 0.1) is 13.8 Å². The van der Waals surface area contributed by atoms with Crippen LogP contribution in [0.25, 0.3) is 0 Å². The Morgan fingerprint density at radius 3 is 2.76 bits per heavy atom. The van der Waals surface area contributed by atoms with Crippen molar-refractivity contribution in [3.8, 4) is 5.75 Å². The van der Waals surface area contributed by atoms with Gasteiger partial charge in [0, 0.05) is 12.3 Å². The second kappa shape index (κ2) is 7.00. The zero-order chi connectivity index (χ0) is 17.8. The number of ether oxygens (including phenoxy) is 1. The zero-order valence-electron chi connectivity index (χ0n) is 14.0. The first kappa shape index (κ1) is 16.4. The number of amides is 1. The van der Waals surface area contributed by atoms with Crippen LogP contribution >= 0.6 is 0 Å². The van der Waals surface area contributed by atoms with Gasteiger partial charge in [0.25, 0.3) is 5.91 Å². The molecule has 25 heavy (non-hydrogen) atoms. The van der Waals surface area contributed by atoms with Gasteiger partial charge in [-0.05, 0) is 37.6 Å². The molecule has 0 atom stereocenters. The topological polar surface area (TPSA) is 102 Å². The quantitative estimate of drug-likeness (QED) is 0.736. The Bertz CT molecular complexity index is 907. The lowest BCUT2D eigenvalue weighted by molar-refractivity contribution is 0.102. The molecule has 2 aromatic heterocycles. The van der Waals surface area contributed by atoms with Gasteiger partial charge in [0.1, 0.15) is 17.2 Å². The van der Waals surface area contributed by atoms with Crippen molar-refractivity contribution in [2.75, 3.05) is 17.7 Å². The third-order valence-electron chi connectivity index (χ3n) is 3.36. The number of benzene rings is 1. The third kappa shape index (κ3) is 3.92. The summed E-state index contributed by atoms with van der Waals surface area (Å²) in [4.78, 5) is 20.6. The zero-order valence-corrected chi connectivity index (χ0v) is 14.0. The predicted molar refractivity (Wildman–Crippen MR) is 92.2 cm³/mol. The Morgan fingerprint density at radius 2 is 2.04 bits per heavy atom. The summed E-state index contributed by atoms with van der Waals surface area (Å²) >= 11 is 0. The minimum Gasteiger partial charge on any atom is -0.495 e. The van der Waals surface area contributed by atoms with Gasteiger partial charge in [0.15, 0.2) is 5.82 Å². The van der Waals surface area contributed by atoms with E-state index >= 15 is 0 Å². The summed E-state index contributed by atoms with van der Waals surface area (Å²) < 4.78 is 10.2. The molecule has 0 saturated carbocycles. The van der Waals surface area contributed by atoms with Crippen LogP contribution in [0.1, 0.15) is 21.8 Å². The number of methoxy groups -OCH3 is 1. The van der Waals surface area contributed by atoms with E-state index in [2.05, 4.69) is 25.8 Å². The summed E-state index contributed by atoms with van der Waals surface area (Å²) in [6.45, 7) is 3.71. The molecule has 8 heteroatoms. The highest BCUT2D eigenvalue weighted by Gasteiger charge is 2.12. The highest BCUT2D eigenvalue weighted by atomic mass is 16.5. The van der Waals surface area contributed by atoms with Gasteiger partial charge in [-0.15, -0.1) is 0 Å². The van der Waals surface area contributed by atoms with Crippen molar-refractivity contribution >= 4 is 23.4 Å². The first-order chi connectivity index (χ1) is 12.0. The van der Waals surface area contributed by atoms with Gasteiger partial charge in [-0.1, -0.05) is 11.2 Å². The first-order valence-corrected chi connectivity index (χ1v) is 7.54. The van der Waals surface area contributed by atoms with Crippen LogP contribution in [0.3, 0.4) is 0 Å². The van der Waals surface area contributed by atoms with E-state index in [1.807, 2.05) is 25.1 Å². The molecule has 0 radical (unpaired) electrons. The van der Waals surface area contributed by atoms with E-state index < -0.39 is 5.91 Å². The van der Waals surface area contributed by atoms with Crippen LogP contribution in [-0.4, -0.2) is 28.1 Å². The number of aromatic nitrogens is 3. The van der Waals surface area contributed by atoms with Crippen LogP contribution in [0.5, 0.6) is 5.75 Å². The second-order valence-corrected chi connectivity index (χ2v) is 5.37. The van der Waals surface area contributed by atoms with E-state index in [1.165, 1.54) is 12.3 Å². The Labute approximate surface area is 144 Å². The van der Waals surface area contributed by atoms with Gasteiger partial charge in [-0.3, -0.25) is 4.79 Å². The molecule has 2 N–H and O–H groups in total. The fourth-order valence-electron chi connectivity index (χ4n) is 2.19. The smallest absolute Gasteiger partial charge is 0.275 e. The van der Waals surface area contributed by atoms with Gasteiger partial charge in [-0.2, -0.15) is 0 Å². The number of anilines is 3. The van der Waals surface area contributed by atoms with Crippen molar-refractivity contribution in [2.24, 2.45) is 0 Å². The summed E-state index contributed by atoms with van der Waals surface area (Å²) in [7, 11) is 1.58. The number of rotatable bonds is 5. The fourth-order valence-corrected chi connectivity index (χ4v) is 2.19. The maximum absolute atomic E-state index is 12.3. The van der Waals surface area contributed by atoms with Crippen molar-refractivity contribution in [1.82, 2.24) is 15.1 Å². The minimum absolute atomic E-state index is 0.199. The van der Waals surface area contributed by atoms with E-state index in [1.54, 1.807) is 20.1 Å². The van der Waals surface area contributed by atoms with Gasteiger partial charge >= 0.3 is 0 Å². The van der Waals surface area contributed by atoms with E-state index in [9.17, 15) is 4.79 Å². The number of nitrogens with zero attached hydrogens (tertiary/aromatic N) is 3. The van der Waals surface area contributed by atoms with Crippen molar-refractivity contribution in [2.45, 2.75) is 13.8 Å². The van der Waals surface area contributed by atoms with Crippen LogP contribution in [0.15, 0.2) is 41.1 Å². The number of nitrogens with one attached hydrogen (secondary N) is 2. The van der Waals surface area contributed by atoms with Crippen LogP contribution in [-0.2, 0) is 0 Å². The Hall–Kier alpha value is -3.42. The van der Waals surface area contributed by atoms with E-state index in [-0.39, 0.29) is 11.6 Å².